The summed E-state index contributed by atoms with van der Waals surface area (Å²) in [7, 11) is 0. The maximum Gasteiger partial charge on any atom is 0.167 e. The predicted octanol–water partition coefficient (Wildman–Crippen LogP) is 1.20. The molecule has 0 unspecified atom stereocenters. The van der Waals surface area contributed by atoms with Crippen molar-refractivity contribution < 1.29 is 14.9 Å². The SMILES string of the molecule is C=C1C[C@H]2C[C@@H]3CCC[C@H](O)[C@@]13[C@@H](O)O2. The maximum absolute atomic E-state index is 10.2. The van der Waals surface area contributed by atoms with Crippen molar-refractivity contribution in [1.82, 2.24) is 0 Å². The highest BCUT2D eigenvalue weighted by Crippen LogP contribution is 2.59. The number of aliphatic hydroxyl groups is 2. The molecule has 5 atom stereocenters. The van der Waals surface area contributed by atoms with Crippen LogP contribution >= 0.6 is 0 Å². The Kier molecular flexibility index (Phi) is 2.00. The molecule has 0 aromatic heterocycles. The van der Waals surface area contributed by atoms with Crippen LogP contribution in [-0.2, 0) is 4.74 Å². The Balaban J connectivity index is 2.06. The quantitative estimate of drug-likeness (QED) is 0.591. The van der Waals surface area contributed by atoms with E-state index in [1.54, 1.807) is 0 Å². The average molecular weight is 210 g/mol. The second-order valence-electron chi connectivity index (χ2n) is 5.23. The molecule has 3 nitrogen and oxygen atoms in total. The van der Waals surface area contributed by atoms with Crippen molar-refractivity contribution in [3.63, 3.8) is 0 Å². The van der Waals surface area contributed by atoms with E-state index in [1.165, 1.54) is 0 Å². The van der Waals surface area contributed by atoms with Gasteiger partial charge in [0.1, 0.15) is 0 Å². The number of hydrogen-bond acceptors (Lipinski definition) is 3. The van der Waals surface area contributed by atoms with Crippen molar-refractivity contribution in [2.45, 2.75) is 50.6 Å². The van der Waals surface area contributed by atoms with Crippen molar-refractivity contribution in [2.75, 3.05) is 0 Å². The van der Waals surface area contributed by atoms with Gasteiger partial charge in [-0.3, -0.25) is 0 Å². The van der Waals surface area contributed by atoms with Crippen LogP contribution in [0.4, 0.5) is 0 Å². The second-order valence-corrected chi connectivity index (χ2v) is 5.23. The summed E-state index contributed by atoms with van der Waals surface area (Å²) in [6.07, 6.45) is 3.52. The van der Waals surface area contributed by atoms with Crippen LogP contribution in [0.1, 0.15) is 32.1 Å². The fourth-order valence-corrected chi connectivity index (χ4v) is 3.94. The van der Waals surface area contributed by atoms with Gasteiger partial charge in [-0.1, -0.05) is 18.6 Å². The van der Waals surface area contributed by atoms with Crippen LogP contribution in [0.15, 0.2) is 12.2 Å². The standard InChI is InChI=1S/C12H18O3/c1-7-5-9-6-8-3-2-4-10(13)12(7,8)11(14)15-9/h8-11,13-14H,1-6H2/t8-,9-,10-,11-,12+/m0/s1. The van der Waals surface area contributed by atoms with Crippen LogP contribution in [0.5, 0.6) is 0 Å². The zero-order valence-electron chi connectivity index (χ0n) is 8.85. The average Bonchev–Trinajstić information content (AvgIpc) is 2.16. The molecule has 2 aliphatic heterocycles. The van der Waals surface area contributed by atoms with Gasteiger partial charge in [-0.05, 0) is 31.6 Å². The van der Waals surface area contributed by atoms with Crippen LogP contribution in [0.2, 0.25) is 0 Å². The minimum absolute atomic E-state index is 0.129. The summed E-state index contributed by atoms with van der Waals surface area (Å²) in [6, 6.07) is 0. The van der Waals surface area contributed by atoms with Gasteiger partial charge in [-0.25, -0.2) is 0 Å². The van der Waals surface area contributed by atoms with Crippen molar-refractivity contribution in [3.8, 4) is 0 Å². The van der Waals surface area contributed by atoms with Crippen molar-refractivity contribution in [2.24, 2.45) is 11.3 Å². The zero-order chi connectivity index (χ0) is 10.6. The monoisotopic (exact) mass is 210 g/mol. The van der Waals surface area contributed by atoms with Crippen molar-refractivity contribution >= 4 is 0 Å². The highest BCUT2D eigenvalue weighted by Gasteiger charge is 2.61. The van der Waals surface area contributed by atoms with Gasteiger partial charge in [0, 0.05) is 0 Å². The van der Waals surface area contributed by atoms with Gasteiger partial charge in [0.2, 0.25) is 0 Å². The predicted molar refractivity (Wildman–Crippen MR) is 55.0 cm³/mol. The third kappa shape index (κ3) is 1.06. The number of ether oxygens (including phenoxy) is 1. The highest BCUT2D eigenvalue weighted by atomic mass is 16.6. The molecule has 3 heteroatoms. The molecular formula is C12H18O3. The lowest BCUT2D eigenvalue weighted by Crippen LogP contribution is -2.63. The fraction of sp³-hybridized carbons (Fsp3) is 0.833. The van der Waals surface area contributed by atoms with E-state index >= 15 is 0 Å². The lowest BCUT2D eigenvalue weighted by atomic mass is 9.53. The van der Waals surface area contributed by atoms with Gasteiger partial charge in [-0.2, -0.15) is 0 Å². The number of hydrogen-bond donors (Lipinski definition) is 2. The van der Waals surface area contributed by atoms with E-state index in [4.69, 9.17) is 4.74 Å². The summed E-state index contributed by atoms with van der Waals surface area (Å²) >= 11 is 0. The van der Waals surface area contributed by atoms with Crippen LogP contribution < -0.4 is 0 Å². The molecule has 2 aliphatic carbocycles. The van der Waals surface area contributed by atoms with Crippen molar-refractivity contribution in [3.05, 3.63) is 12.2 Å². The Morgan fingerprint density at radius 2 is 2.13 bits per heavy atom. The first-order valence-corrected chi connectivity index (χ1v) is 5.85. The minimum Gasteiger partial charge on any atom is -0.392 e. The Bertz CT molecular complexity index is 295. The zero-order valence-corrected chi connectivity index (χ0v) is 8.85. The molecular weight excluding hydrogens is 192 g/mol. The van der Waals surface area contributed by atoms with E-state index in [0.29, 0.717) is 5.92 Å². The lowest BCUT2D eigenvalue weighted by Gasteiger charge is -2.59. The van der Waals surface area contributed by atoms with E-state index in [-0.39, 0.29) is 6.10 Å². The Morgan fingerprint density at radius 3 is 2.80 bits per heavy atom. The van der Waals surface area contributed by atoms with E-state index in [1.807, 2.05) is 0 Å². The first-order valence-electron chi connectivity index (χ1n) is 5.85. The Hall–Kier alpha value is -0.380. The number of fused-ring (bicyclic) bond motifs is 2. The first kappa shape index (κ1) is 9.82. The van der Waals surface area contributed by atoms with E-state index in [9.17, 15) is 10.2 Å². The minimum atomic E-state index is -0.835. The topological polar surface area (TPSA) is 49.7 Å². The molecule has 4 fully saturated rings. The molecule has 0 aromatic rings. The van der Waals surface area contributed by atoms with Crippen molar-refractivity contribution in [1.29, 1.82) is 0 Å². The third-order valence-corrected chi connectivity index (χ3v) is 4.62. The Morgan fingerprint density at radius 1 is 1.33 bits per heavy atom. The summed E-state index contributed by atoms with van der Waals surface area (Å²) in [4.78, 5) is 0. The summed E-state index contributed by atoms with van der Waals surface area (Å²) in [5, 5.41) is 20.3. The summed E-state index contributed by atoms with van der Waals surface area (Å²) in [5.41, 5.74) is 0.460. The largest absolute Gasteiger partial charge is 0.392 e. The summed E-state index contributed by atoms with van der Waals surface area (Å²) in [6.45, 7) is 4.07. The molecule has 2 bridgehead atoms. The van der Waals surface area contributed by atoms with E-state index in [0.717, 1.165) is 37.7 Å². The normalized spacial score (nSPS) is 54.1. The second kappa shape index (κ2) is 3.06. The molecule has 2 heterocycles. The van der Waals surface area contributed by atoms with Crippen LogP contribution in [0.3, 0.4) is 0 Å². The lowest BCUT2D eigenvalue weighted by molar-refractivity contribution is -0.295. The van der Waals surface area contributed by atoms with Crippen LogP contribution in [0, 0.1) is 11.3 Å². The Labute approximate surface area is 89.7 Å². The molecule has 2 saturated heterocycles. The van der Waals surface area contributed by atoms with Gasteiger partial charge in [0.15, 0.2) is 6.29 Å². The molecule has 2 N–H and O–H groups in total. The molecule has 4 aliphatic rings. The first-order chi connectivity index (χ1) is 7.15. The molecule has 0 radical (unpaired) electrons. The van der Waals surface area contributed by atoms with Crippen LogP contribution in [0.25, 0.3) is 0 Å². The molecule has 0 amide bonds. The molecule has 15 heavy (non-hydrogen) atoms. The van der Waals surface area contributed by atoms with Gasteiger partial charge in [0.05, 0.1) is 17.6 Å². The summed E-state index contributed by atoms with van der Waals surface area (Å²) in [5.74, 6) is 0.372. The molecule has 0 aromatic carbocycles. The highest BCUT2D eigenvalue weighted by molar-refractivity contribution is 5.25. The number of rotatable bonds is 0. The van der Waals surface area contributed by atoms with E-state index in [2.05, 4.69) is 6.58 Å². The number of aliphatic hydroxyl groups excluding tert-OH is 2. The molecule has 84 valence electrons. The smallest absolute Gasteiger partial charge is 0.167 e. The van der Waals surface area contributed by atoms with Gasteiger partial charge >= 0.3 is 0 Å². The van der Waals surface area contributed by atoms with Gasteiger partial charge in [0.25, 0.3) is 0 Å². The van der Waals surface area contributed by atoms with Crippen LogP contribution in [-0.4, -0.2) is 28.7 Å². The van der Waals surface area contributed by atoms with Gasteiger partial charge in [-0.15, -0.1) is 0 Å². The molecule has 1 spiro atoms. The molecule has 4 rings (SSSR count). The van der Waals surface area contributed by atoms with E-state index < -0.39 is 17.8 Å². The summed E-state index contributed by atoms with van der Waals surface area (Å²) < 4.78 is 5.52. The van der Waals surface area contributed by atoms with Gasteiger partial charge < -0.3 is 14.9 Å². The fourth-order valence-electron chi connectivity index (χ4n) is 3.94. The molecule has 2 saturated carbocycles. The third-order valence-electron chi connectivity index (χ3n) is 4.62. The maximum atomic E-state index is 10.2.